The summed E-state index contributed by atoms with van der Waals surface area (Å²) >= 11 is 0. The number of hydrogen-bond donors (Lipinski definition) is 2. The van der Waals surface area contributed by atoms with Gasteiger partial charge < -0.3 is 10.3 Å². The molecule has 0 atom stereocenters. The first-order valence-corrected chi connectivity index (χ1v) is 7.52. The van der Waals surface area contributed by atoms with Crippen LogP contribution in [0.15, 0.2) is 29.3 Å². The van der Waals surface area contributed by atoms with Gasteiger partial charge in [-0.15, -0.1) is 12.4 Å². The Bertz CT molecular complexity index is 914. The monoisotopic (exact) mass is 331 g/mol. The maximum Gasteiger partial charge on any atom is 0.280 e. The fourth-order valence-electron chi connectivity index (χ4n) is 3.17. The first-order chi connectivity index (χ1) is 10.7. The normalized spacial score (nSPS) is 13.6. The van der Waals surface area contributed by atoms with E-state index >= 15 is 0 Å². The molecular formula is C16H18ClN5O. The molecule has 2 aromatic heterocycles. The first kappa shape index (κ1) is 15.6. The fraction of sp³-hybridized carbons (Fsp3) is 0.312. The summed E-state index contributed by atoms with van der Waals surface area (Å²) in [6.45, 7) is 0.639. The van der Waals surface area contributed by atoms with Crippen LogP contribution in [0.2, 0.25) is 0 Å². The third kappa shape index (κ3) is 2.82. The predicted molar refractivity (Wildman–Crippen MR) is 92.0 cm³/mol. The third-order valence-electron chi connectivity index (χ3n) is 4.26. The van der Waals surface area contributed by atoms with Crippen LogP contribution in [0.5, 0.6) is 0 Å². The number of benzene rings is 1. The second kappa shape index (κ2) is 6.04. The number of nitrogens with zero attached hydrogens (tertiary/aromatic N) is 3. The highest BCUT2D eigenvalue weighted by atomic mass is 35.5. The number of nitrogen functional groups attached to an aromatic ring is 1. The number of rotatable bonds is 2. The number of anilines is 1. The molecule has 3 N–H and O–H groups in total. The van der Waals surface area contributed by atoms with Gasteiger partial charge in [0.1, 0.15) is 0 Å². The molecule has 0 spiro atoms. The second-order valence-electron chi connectivity index (χ2n) is 5.81. The van der Waals surface area contributed by atoms with Crippen molar-refractivity contribution in [3.63, 3.8) is 0 Å². The molecule has 23 heavy (non-hydrogen) atoms. The number of nitrogens with one attached hydrogen (secondary N) is 1. The molecule has 0 amide bonds. The van der Waals surface area contributed by atoms with Crippen LogP contribution in [-0.4, -0.2) is 19.5 Å². The van der Waals surface area contributed by atoms with Gasteiger partial charge in [-0.2, -0.15) is 4.98 Å². The molecule has 0 bridgehead atoms. The Morgan fingerprint density at radius 1 is 1.22 bits per heavy atom. The number of imidazole rings is 1. The Balaban J connectivity index is 0.00000156. The van der Waals surface area contributed by atoms with Crippen LogP contribution in [0.25, 0.3) is 11.2 Å². The zero-order valence-electron chi connectivity index (χ0n) is 12.6. The summed E-state index contributed by atoms with van der Waals surface area (Å²) in [5.74, 6) is 0.115. The van der Waals surface area contributed by atoms with Gasteiger partial charge in [0.25, 0.3) is 5.56 Å². The molecular weight excluding hydrogens is 314 g/mol. The number of aromatic amines is 1. The molecule has 0 unspecified atom stereocenters. The van der Waals surface area contributed by atoms with E-state index in [-0.39, 0.29) is 23.9 Å². The van der Waals surface area contributed by atoms with Crippen molar-refractivity contribution in [2.45, 2.75) is 32.2 Å². The number of aromatic nitrogens is 4. The molecule has 7 heteroatoms. The SMILES string of the molecule is Cl.Nc1nc2c(ncn2Cc2ccc3c(c2)CCCC3)c(=O)[nH]1. The van der Waals surface area contributed by atoms with Gasteiger partial charge in [-0.3, -0.25) is 9.78 Å². The van der Waals surface area contributed by atoms with Crippen LogP contribution in [0.3, 0.4) is 0 Å². The number of nitrogens with two attached hydrogens (primary N) is 1. The molecule has 6 nitrogen and oxygen atoms in total. The van der Waals surface area contributed by atoms with E-state index < -0.39 is 0 Å². The van der Waals surface area contributed by atoms with Crippen LogP contribution >= 0.6 is 12.4 Å². The maximum atomic E-state index is 11.8. The zero-order chi connectivity index (χ0) is 15.1. The van der Waals surface area contributed by atoms with E-state index in [0.717, 1.165) is 6.42 Å². The predicted octanol–water partition coefficient (Wildman–Crippen LogP) is 2.05. The van der Waals surface area contributed by atoms with Crippen LogP contribution in [-0.2, 0) is 19.4 Å². The van der Waals surface area contributed by atoms with Crippen LogP contribution in [0.4, 0.5) is 5.95 Å². The minimum atomic E-state index is -0.299. The second-order valence-corrected chi connectivity index (χ2v) is 5.81. The quantitative estimate of drug-likeness (QED) is 0.752. The van der Waals surface area contributed by atoms with Crippen molar-refractivity contribution in [1.82, 2.24) is 19.5 Å². The van der Waals surface area contributed by atoms with Crippen molar-refractivity contribution in [1.29, 1.82) is 0 Å². The van der Waals surface area contributed by atoms with Gasteiger partial charge in [-0.05, 0) is 42.4 Å². The van der Waals surface area contributed by atoms with Gasteiger partial charge in [0, 0.05) is 0 Å². The molecule has 0 fully saturated rings. The molecule has 1 aromatic carbocycles. The van der Waals surface area contributed by atoms with E-state index in [1.165, 1.54) is 36.0 Å². The minimum absolute atomic E-state index is 0. The molecule has 0 aliphatic heterocycles. The maximum absolute atomic E-state index is 11.8. The highest BCUT2D eigenvalue weighted by molar-refractivity contribution is 5.85. The summed E-state index contributed by atoms with van der Waals surface area (Å²) in [6, 6.07) is 6.63. The Morgan fingerprint density at radius 2 is 2.00 bits per heavy atom. The lowest BCUT2D eigenvalue weighted by molar-refractivity contribution is 0.682. The van der Waals surface area contributed by atoms with Crippen molar-refractivity contribution < 1.29 is 0 Å². The van der Waals surface area contributed by atoms with Gasteiger partial charge in [-0.1, -0.05) is 18.2 Å². The van der Waals surface area contributed by atoms with Crippen LogP contribution in [0, 0.1) is 0 Å². The zero-order valence-corrected chi connectivity index (χ0v) is 13.4. The summed E-state index contributed by atoms with van der Waals surface area (Å²) in [5, 5.41) is 0. The van der Waals surface area contributed by atoms with Gasteiger partial charge >= 0.3 is 0 Å². The number of aryl methyl sites for hydroxylation is 2. The number of fused-ring (bicyclic) bond motifs is 2. The lowest BCUT2D eigenvalue weighted by Gasteiger charge is -2.16. The lowest BCUT2D eigenvalue weighted by atomic mass is 9.90. The largest absolute Gasteiger partial charge is 0.369 e. The molecule has 2 heterocycles. The summed E-state index contributed by atoms with van der Waals surface area (Å²) in [4.78, 5) is 22.6. The molecule has 0 saturated carbocycles. The topological polar surface area (TPSA) is 89.6 Å². The van der Waals surface area contributed by atoms with Crippen molar-refractivity contribution in [2.75, 3.05) is 5.73 Å². The molecule has 120 valence electrons. The van der Waals surface area contributed by atoms with E-state index in [1.54, 1.807) is 6.33 Å². The van der Waals surface area contributed by atoms with E-state index in [2.05, 4.69) is 33.2 Å². The number of hydrogen-bond acceptors (Lipinski definition) is 4. The van der Waals surface area contributed by atoms with Gasteiger partial charge in [0.2, 0.25) is 5.95 Å². The van der Waals surface area contributed by atoms with Crippen molar-refractivity contribution in [3.05, 3.63) is 51.6 Å². The van der Waals surface area contributed by atoms with E-state index in [0.29, 0.717) is 17.7 Å². The number of halogens is 1. The van der Waals surface area contributed by atoms with E-state index in [4.69, 9.17) is 5.73 Å². The van der Waals surface area contributed by atoms with Gasteiger partial charge in [-0.25, -0.2) is 4.98 Å². The Kier molecular flexibility index (Phi) is 4.09. The highest BCUT2D eigenvalue weighted by Crippen LogP contribution is 2.23. The molecule has 4 rings (SSSR count). The fourth-order valence-corrected chi connectivity index (χ4v) is 3.17. The van der Waals surface area contributed by atoms with E-state index in [9.17, 15) is 4.79 Å². The van der Waals surface area contributed by atoms with Crippen molar-refractivity contribution in [2.24, 2.45) is 0 Å². The molecule has 0 radical (unpaired) electrons. The summed E-state index contributed by atoms with van der Waals surface area (Å²) in [7, 11) is 0. The summed E-state index contributed by atoms with van der Waals surface area (Å²) in [5.41, 5.74) is 10.3. The summed E-state index contributed by atoms with van der Waals surface area (Å²) in [6.07, 6.45) is 6.52. The van der Waals surface area contributed by atoms with Crippen LogP contribution < -0.4 is 11.3 Å². The molecule has 1 aliphatic carbocycles. The Labute approximate surface area is 139 Å². The van der Waals surface area contributed by atoms with Gasteiger partial charge in [0.15, 0.2) is 11.2 Å². The van der Waals surface area contributed by atoms with Crippen molar-refractivity contribution >= 4 is 29.5 Å². The standard InChI is InChI=1S/C16H17N5O.ClH/c17-16-19-14-13(15(22)20-16)18-9-21(14)8-10-5-6-11-3-1-2-4-12(11)7-10;/h5-7,9H,1-4,8H2,(H3,17,19,20,22);1H. The highest BCUT2D eigenvalue weighted by Gasteiger charge is 2.12. The molecule has 0 saturated heterocycles. The molecule has 3 aromatic rings. The Morgan fingerprint density at radius 3 is 2.83 bits per heavy atom. The van der Waals surface area contributed by atoms with E-state index in [1.807, 2.05) is 4.57 Å². The average molecular weight is 332 g/mol. The minimum Gasteiger partial charge on any atom is -0.369 e. The number of H-pyrrole nitrogens is 1. The smallest absolute Gasteiger partial charge is 0.280 e. The van der Waals surface area contributed by atoms with Gasteiger partial charge in [0.05, 0.1) is 12.9 Å². The lowest BCUT2D eigenvalue weighted by Crippen LogP contribution is -2.12. The van der Waals surface area contributed by atoms with Crippen molar-refractivity contribution in [3.8, 4) is 0 Å². The van der Waals surface area contributed by atoms with Crippen LogP contribution in [0.1, 0.15) is 29.5 Å². The summed E-state index contributed by atoms with van der Waals surface area (Å²) < 4.78 is 1.87. The third-order valence-corrected chi connectivity index (χ3v) is 4.26. The average Bonchev–Trinajstić information content (AvgIpc) is 2.90. The molecule has 1 aliphatic rings. The Hall–Kier alpha value is -2.34. The first-order valence-electron chi connectivity index (χ1n) is 7.52.